The molecule has 1 aromatic carbocycles. The molecule has 0 aliphatic heterocycles. The van der Waals surface area contributed by atoms with Crippen LogP contribution in [0.1, 0.15) is 56.9 Å². The Morgan fingerprint density at radius 2 is 1.22 bits per heavy atom. The average molecular weight is 613 g/mol. The molecule has 0 amide bonds. The molecular weight excluding hydrogens is 566 g/mol. The molecule has 0 saturated heterocycles. The zero-order valence-electron chi connectivity index (χ0n) is 20.8. The summed E-state index contributed by atoms with van der Waals surface area (Å²) in [5.74, 6) is 0. The molecule has 0 heterocycles. The van der Waals surface area contributed by atoms with Crippen LogP contribution in [0, 0.1) is 75.1 Å². The minimum Gasteiger partial charge on any atom is -0.665 e. The Bertz CT molecular complexity index is 455. The van der Waals surface area contributed by atoms with Crippen LogP contribution in [0.3, 0.4) is 0 Å². The van der Waals surface area contributed by atoms with Crippen LogP contribution in [0.15, 0.2) is 0 Å². The molecule has 0 aromatic heterocycles. The smallest absolute Gasteiger partial charge is 0 e. The van der Waals surface area contributed by atoms with Crippen LogP contribution in [-0.2, 0) is 0 Å². The Morgan fingerprint density at radius 3 is 1.41 bits per heavy atom. The molecule has 0 aliphatic rings. The van der Waals surface area contributed by atoms with E-state index in [1.54, 1.807) is 19.3 Å². The summed E-state index contributed by atoms with van der Waals surface area (Å²) in [6, 6.07) is 0. The van der Waals surface area contributed by atoms with Gasteiger partial charge in [-0.1, -0.05) is 83.6 Å². The fraction of sp³-hybridized carbons (Fsp3) is 0.727. The zero-order chi connectivity index (χ0) is 20.4. The molecule has 3 nitrogen and oxygen atoms in total. The van der Waals surface area contributed by atoms with Crippen molar-refractivity contribution in [2.45, 2.75) is 80.9 Å². The molecule has 0 aliphatic carbocycles. The maximum absolute atomic E-state index is 5.13. The van der Waals surface area contributed by atoms with Crippen molar-refractivity contribution in [3.63, 3.8) is 0 Å². The molecule has 162 valence electrons. The van der Waals surface area contributed by atoms with Gasteiger partial charge in [-0.2, -0.15) is 49.1 Å². The monoisotopic (exact) mass is 612 g/mol. The van der Waals surface area contributed by atoms with Crippen molar-refractivity contribution in [1.82, 2.24) is 0 Å². The van der Waals surface area contributed by atoms with Crippen molar-refractivity contribution >= 4 is 13.4 Å². The molecule has 0 bridgehead atoms. The molecule has 1 aromatic rings. The van der Waals surface area contributed by atoms with Crippen molar-refractivity contribution < 1.29 is 39.9 Å². The Hall–Kier alpha value is 0.772. The molecule has 0 saturated carbocycles. The summed E-state index contributed by atoms with van der Waals surface area (Å²) in [6.07, 6.45) is 0. The van der Waals surface area contributed by atoms with Gasteiger partial charge in [-0.25, -0.2) is 5.56 Å². The molecule has 0 N–H and O–H groups in total. The van der Waals surface area contributed by atoms with Crippen LogP contribution in [0.5, 0.6) is 0 Å². The molecule has 0 radical (unpaired) electrons. The van der Waals surface area contributed by atoms with E-state index in [1.165, 1.54) is 22.3 Å². The molecule has 0 unspecified atom stereocenters. The first-order valence-electron chi connectivity index (χ1n) is 9.39. The predicted molar refractivity (Wildman–Crippen MR) is 127 cm³/mol. The van der Waals surface area contributed by atoms with Crippen molar-refractivity contribution in [1.29, 1.82) is 0 Å². The van der Waals surface area contributed by atoms with Gasteiger partial charge in [0.25, 0.3) is 0 Å². The van der Waals surface area contributed by atoms with Gasteiger partial charge in [0.2, 0.25) is 0 Å². The SMILES string of the molecule is CC[N-]C.CC[N-]C.Cc1c(C)c([Si](C)(C)[N-]C(C)(C)C)[c-](C)c1C.[CH3-].[Th]. The third kappa shape index (κ3) is 13.6. The van der Waals surface area contributed by atoms with Gasteiger partial charge < -0.3 is 23.0 Å². The summed E-state index contributed by atoms with van der Waals surface area (Å²) in [5, 5.41) is 9.03. The summed E-state index contributed by atoms with van der Waals surface area (Å²) < 4.78 is 0. The van der Waals surface area contributed by atoms with E-state index in [2.05, 4.69) is 72.2 Å². The standard InChI is InChI=1S/C15H27NSi.2C3H8N.CH3.Th/c1-10-11(2)13(4)14(12(10)3)17(8,9)16-15(5,6)7;2*1-3-4-2;;/h1-9H3;2*3H2,1-2H3;1H3;/q-2;3*-1;. The van der Waals surface area contributed by atoms with Crippen LogP contribution < -0.4 is 5.19 Å². The summed E-state index contributed by atoms with van der Waals surface area (Å²) in [5.41, 5.74) is 5.94. The van der Waals surface area contributed by atoms with Gasteiger partial charge >= 0.3 is 0 Å². The van der Waals surface area contributed by atoms with E-state index < -0.39 is 8.24 Å². The Morgan fingerprint density at radius 1 is 0.889 bits per heavy atom. The van der Waals surface area contributed by atoms with Gasteiger partial charge in [0.15, 0.2) is 0 Å². The average Bonchev–Trinajstić information content (AvgIpc) is 2.69. The maximum Gasteiger partial charge on any atom is 0 e. The largest absolute Gasteiger partial charge is 0.665 e. The van der Waals surface area contributed by atoms with Gasteiger partial charge in [0.05, 0.1) is 0 Å². The summed E-state index contributed by atoms with van der Waals surface area (Å²) >= 11 is 0. The molecule has 27 heavy (non-hydrogen) atoms. The normalized spacial score (nSPS) is 10.6. The van der Waals surface area contributed by atoms with Crippen molar-refractivity contribution in [2.24, 2.45) is 0 Å². The van der Waals surface area contributed by atoms with Crippen LogP contribution in [0.4, 0.5) is 0 Å². The van der Waals surface area contributed by atoms with Crippen molar-refractivity contribution in [2.75, 3.05) is 27.2 Å². The summed E-state index contributed by atoms with van der Waals surface area (Å²) in [6.45, 7) is 26.3. The van der Waals surface area contributed by atoms with Crippen molar-refractivity contribution in [3.8, 4) is 0 Å². The first kappa shape index (κ1) is 35.2. The van der Waals surface area contributed by atoms with E-state index in [1.807, 2.05) is 13.8 Å². The quantitative estimate of drug-likeness (QED) is 0.269. The Labute approximate surface area is 205 Å². The minimum absolute atomic E-state index is 0. The predicted octanol–water partition coefficient (Wildman–Crippen LogP) is 6.69. The third-order valence-electron chi connectivity index (χ3n) is 4.30. The first-order valence-corrected chi connectivity index (χ1v) is 12.3. The van der Waals surface area contributed by atoms with Gasteiger partial charge in [-0.15, -0.1) is 5.54 Å². The van der Waals surface area contributed by atoms with E-state index in [0.29, 0.717) is 0 Å². The number of rotatable bonds is 4. The fourth-order valence-corrected chi connectivity index (χ4v) is 7.03. The third-order valence-corrected chi connectivity index (χ3v) is 7.50. The Kier molecular flexibility index (Phi) is 21.6. The van der Waals surface area contributed by atoms with Gasteiger partial charge in [-0.3, -0.25) is 0 Å². The Balaban J connectivity index is -0.000000225. The van der Waals surface area contributed by atoms with E-state index >= 15 is 0 Å². The molecule has 5 heteroatoms. The number of hydrogen-bond donors (Lipinski definition) is 0. The van der Waals surface area contributed by atoms with Crippen molar-refractivity contribution in [3.05, 3.63) is 45.3 Å². The number of nitrogens with zero attached hydrogens (tertiary/aromatic N) is 3. The molecule has 0 fully saturated rings. The topological polar surface area (TPSA) is 42.3 Å². The first-order chi connectivity index (χ1) is 11.3. The second-order valence-electron chi connectivity index (χ2n) is 7.98. The van der Waals surface area contributed by atoms with Crippen LogP contribution in [-0.4, -0.2) is 41.0 Å². The summed E-state index contributed by atoms with van der Waals surface area (Å²) in [7, 11) is 1.92. The fourth-order valence-electron chi connectivity index (χ4n) is 3.03. The van der Waals surface area contributed by atoms with E-state index in [9.17, 15) is 0 Å². The number of hydrogen-bond acceptors (Lipinski definition) is 0. The molecular formula is C22H46N3SiTh-5. The molecule has 0 atom stereocenters. The molecule has 1 rings (SSSR count). The minimum atomic E-state index is -1.69. The van der Waals surface area contributed by atoms with Crippen LogP contribution in [0.2, 0.25) is 13.1 Å². The van der Waals surface area contributed by atoms with E-state index in [-0.39, 0.29) is 52.9 Å². The van der Waals surface area contributed by atoms with Crippen LogP contribution in [0.25, 0.3) is 15.6 Å². The second kappa shape index (κ2) is 16.6. The summed E-state index contributed by atoms with van der Waals surface area (Å²) in [4.78, 5) is 5.13. The van der Waals surface area contributed by atoms with Gasteiger partial charge in [0.1, 0.15) is 0 Å². The van der Waals surface area contributed by atoms with Crippen LogP contribution >= 0.6 is 0 Å². The van der Waals surface area contributed by atoms with Gasteiger partial charge in [-0.05, 0) is 0 Å². The maximum atomic E-state index is 5.13. The second-order valence-corrected chi connectivity index (χ2v) is 11.8. The van der Waals surface area contributed by atoms with Gasteiger partial charge in [0, 0.05) is 39.9 Å². The molecule has 0 spiro atoms. The van der Waals surface area contributed by atoms with E-state index in [0.717, 1.165) is 13.1 Å². The van der Waals surface area contributed by atoms with E-state index in [4.69, 9.17) is 4.98 Å². The zero-order valence-corrected chi connectivity index (χ0v) is 25.9.